The molecule has 0 saturated carbocycles. The number of likely N-dealkylation sites (N-methyl/N-ethyl adjacent to an activating group) is 1. The van der Waals surface area contributed by atoms with Gasteiger partial charge in [0.15, 0.2) is 0 Å². The Bertz CT molecular complexity index is 201. The first-order valence-corrected chi connectivity index (χ1v) is 5.80. The van der Waals surface area contributed by atoms with E-state index >= 15 is 0 Å². The van der Waals surface area contributed by atoms with Gasteiger partial charge in [0.05, 0.1) is 0 Å². The van der Waals surface area contributed by atoms with Crippen molar-refractivity contribution in [1.29, 1.82) is 0 Å². The van der Waals surface area contributed by atoms with Crippen molar-refractivity contribution in [3.05, 3.63) is 0 Å². The lowest BCUT2D eigenvalue weighted by Crippen LogP contribution is -2.47. The zero-order valence-corrected chi connectivity index (χ0v) is 10.00. The van der Waals surface area contributed by atoms with E-state index in [1.807, 2.05) is 0 Å². The van der Waals surface area contributed by atoms with Crippen LogP contribution in [0, 0.1) is 12.3 Å². The number of nitrogens with zero attached hydrogens (tertiary/aromatic N) is 2. The van der Waals surface area contributed by atoms with E-state index in [2.05, 4.69) is 35.0 Å². The number of rotatable bonds is 5. The molecule has 0 spiro atoms. The molecule has 3 nitrogen and oxygen atoms in total. The van der Waals surface area contributed by atoms with Crippen molar-refractivity contribution in [3.8, 4) is 12.3 Å². The summed E-state index contributed by atoms with van der Waals surface area (Å²) in [4.78, 5) is 4.89. The molecule has 3 heteroatoms. The predicted molar refractivity (Wildman–Crippen MR) is 64.9 cm³/mol. The summed E-state index contributed by atoms with van der Waals surface area (Å²) in [5.74, 6) is 2.68. The molecule has 1 atom stereocenters. The molecular weight excluding hydrogens is 186 g/mol. The summed E-state index contributed by atoms with van der Waals surface area (Å²) in [5, 5.41) is 3.44. The van der Waals surface area contributed by atoms with Crippen LogP contribution in [0.25, 0.3) is 0 Å². The first kappa shape index (κ1) is 12.5. The normalized spacial score (nSPS) is 21.1. The Balaban J connectivity index is 2.03. The SMILES string of the molecule is C#CCC(C)NCCN1CCN(C)CC1. The van der Waals surface area contributed by atoms with E-state index in [1.165, 1.54) is 26.2 Å². The van der Waals surface area contributed by atoms with Crippen LogP contribution in [0.4, 0.5) is 0 Å². The molecule has 1 aliphatic heterocycles. The maximum Gasteiger partial charge on any atom is 0.0238 e. The Kier molecular flexibility index (Phi) is 5.70. The molecule has 1 unspecified atom stereocenters. The van der Waals surface area contributed by atoms with Gasteiger partial charge < -0.3 is 10.2 Å². The van der Waals surface area contributed by atoms with Gasteiger partial charge in [0, 0.05) is 51.7 Å². The second kappa shape index (κ2) is 6.84. The second-order valence-electron chi connectivity index (χ2n) is 4.41. The summed E-state index contributed by atoms with van der Waals surface area (Å²) in [6, 6.07) is 0.447. The van der Waals surface area contributed by atoms with E-state index in [0.717, 1.165) is 19.5 Å². The molecule has 0 aromatic carbocycles. The van der Waals surface area contributed by atoms with Gasteiger partial charge in [0.2, 0.25) is 0 Å². The van der Waals surface area contributed by atoms with Crippen LogP contribution in [0.3, 0.4) is 0 Å². The van der Waals surface area contributed by atoms with Gasteiger partial charge in [0.25, 0.3) is 0 Å². The van der Waals surface area contributed by atoms with Gasteiger partial charge in [-0.25, -0.2) is 0 Å². The highest BCUT2D eigenvalue weighted by Gasteiger charge is 2.12. The molecular formula is C12H23N3. The molecule has 0 aromatic rings. The summed E-state index contributed by atoms with van der Waals surface area (Å²) in [6.45, 7) is 9.11. The third-order valence-corrected chi connectivity index (χ3v) is 2.94. The molecule has 15 heavy (non-hydrogen) atoms. The van der Waals surface area contributed by atoms with E-state index in [1.54, 1.807) is 0 Å². The van der Waals surface area contributed by atoms with Crippen LogP contribution < -0.4 is 5.32 Å². The lowest BCUT2D eigenvalue weighted by Gasteiger charge is -2.32. The van der Waals surface area contributed by atoms with Crippen LogP contribution in [0.2, 0.25) is 0 Å². The highest BCUT2D eigenvalue weighted by atomic mass is 15.2. The second-order valence-corrected chi connectivity index (χ2v) is 4.41. The van der Waals surface area contributed by atoms with Crippen molar-refractivity contribution in [3.63, 3.8) is 0 Å². The first-order chi connectivity index (χ1) is 7.22. The van der Waals surface area contributed by atoms with E-state index < -0.39 is 0 Å². The molecule has 0 aliphatic carbocycles. The third-order valence-electron chi connectivity index (χ3n) is 2.94. The highest BCUT2D eigenvalue weighted by Crippen LogP contribution is 1.97. The van der Waals surface area contributed by atoms with Crippen LogP contribution in [-0.4, -0.2) is 62.2 Å². The quantitative estimate of drug-likeness (QED) is 0.654. The molecule has 0 amide bonds. The fourth-order valence-corrected chi connectivity index (χ4v) is 1.79. The molecule has 86 valence electrons. The van der Waals surface area contributed by atoms with Gasteiger partial charge in [-0.2, -0.15) is 0 Å². The molecule has 1 rings (SSSR count). The van der Waals surface area contributed by atoms with Gasteiger partial charge in [-0.3, -0.25) is 4.90 Å². The van der Waals surface area contributed by atoms with Crippen LogP contribution in [0.15, 0.2) is 0 Å². The van der Waals surface area contributed by atoms with Gasteiger partial charge in [0.1, 0.15) is 0 Å². The average molecular weight is 209 g/mol. The summed E-state index contributed by atoms with van der Waals surface area (Å²) in [6.07, 6.45) is 6.08. The smallest absolute Gasteiger partial charge is 0.0238 e. The van der Waals surface area contributed by atoms with Crippen LogP contribution >= 0.6 is 0 Å². The van der Waals surface area contributed by atoms with Crippen LogP contribution in [-0.2, 0) is 0 Å². The minimum absolute atomic E-state index is 0.447. The zero-order chi connectivity index (χ0) is 11.1. The fourth-order valence-electron chi connectivity index (χ4n) is 1.79. The molecule has 1 N–H and O–H groups in total. The summed E-state index contributed by atoms with van der Waals surface area (Å²) >= 11 is 0. The van der Waals surface area contributed by atoms with Gasteiger partial charge in [-0.15, -0.1) is 12.3 Å². The number of piperazine rings is 1. The Hall–Kier alpha value is -0.560. The predicted octanol–water partition coefficient (Wildman–Crippen LogP) is 0.235. The molecule has 0 radical (unpaired) electrons. The van der Waals surface area contributed by atoms with E-state index in [4.69, 9.17) is 6.42 Å². The summed E-state index contributed by atoms with van der Waals surface area (Å²) in [5.41, 5.74) is 0. The van der Waals surface area contributed by atoms with Gasteiger partial charge >= 0.3 is 0 Å². The Morgan fingerprint density at radius 3 is 2.60 bits per heavy atom. The monoisotopic (exact) mass is 209 g/mol. The Labute approximate surface area is 93.8 Å². The lowest BCUT2D eigenvalue weighted by molar-refractivity contribution is 0.154. The van der Waals surface area contributed by atoms with Crippen molar-refractivity contribution < 1.29 is 0 Å². The van der Waals surface area contributed by atoms with Gasteiger partial charge in [-0.1, -0.05) is 0 Å². The van der Waals surface area contributed by atoms with E-state index in [-0.39, 0.29) is 0 Å². The van der Waals surface area contributed by atoms with E-state index in [0.29, 0.717) is 6.04 Å². The Morgan fingerprint density at radius 1 is 1.33 bits per heavy atom. The number of terminal acetylenes is 1. The van der Waals surface area contributed by atoms with Crippen LogP contribution in [0.5, 0.6) is 0 Å². The maximum absolute atomic E-state index is 5.25. The standard InChI is InChI=1S/C12H23N3/c1-4-5-12(2)13-6-7-15-10-8-14(3)9-11-15/h1,12-13H,5-11H2,2-3H3. The van der Waals surface area contributed by atoms with Crippen molar-refractivity contribution in [1.82, 2.24) is 15.1 Å². The van der Waals surface area contributed by atoms with Crippen molar-refractivity contribution in [2.24, 2.45) is 0 Å². The number of nitrogens with one attached hydrogen (secondary N) is 1. The minimum Gasteiger partial charge on any atom is -0.312 e. The topological polar surface area (TPSA) is 18.5 Å². The van der Waals surface area contributed by atoms with Crippen molar-refractivity contribution >= 4 is 0 Å². The van der Waals surface area contributed by atoms with Crippen LogP contribution in [0.1, 0.15) is 13.3 Å². The van der Waals surface area contributed by atoms with Gasteiger partial charge in [-0.05, 0) is 14.0 Å². The summed E-state index contributed by atoms with van der Waals surface area (Å²) in [7, 11) is 2.19. The zero-order valence-electron chi connectivity index (χ0n) is 10.00. The first-order valence-electron chi connectivity index (χ1n) is 5.80. The molecule has 1 saturated heterocycles. The molecule has 0 bridgehead atoms. The summed E-state index contributed by atoms with van der Waals surface area (Å²) < 4.78 is 0. The minimum atomic E-state index is 0.447. The molecule has 1 fully saturated rings. The third kappa shape index (κ3) is 5.17. The average Bonchev–Trinajstić information content (AvgIpc) is 2.21. The van der Waals surface area contributed by atoms with Crippen molar-refractivity contribution in [2.45, 2.75) is 19.4 Å². The number of hydrogen-bond donors (Lipinski definition) is 1. The number of hydrogen-bond acceptors (Lipinski definition) is 3. The Morgan fingerprint density at radius 2 is 2.00 bits per heavy atom. The van der Waals surface area contributed by atoms with Crippen molar-refractivity contribution in [2.75, 3.05) is 46.3 Å². The maximum atomic E-state index is 5.25. The largest absolute Gasteiger partial charge is 0.312 e. The lowest BCUT2D eigenvalue weighted by atomic mass is 10.2. The highest BCUT2D eigenvalue weighted by molar-refractivity contribution is 4.88. The fraction of sp³-hybridized carbons (Fsp3) is 0.833. The molecule has 1 heterocycles. The molecule has 1 aliphatic rings. The van der Waals surface area contributed by atoms with E-state index in [9.17, 15) is 0 Å². The molecule has 0 aromatic heterocycles.